The molecule has 0 atom stereocenters. The highest BCUT2D eigenvalue weighted by atomic mass is 16.5. The Balaban J connectivity index is 2.03. The van der Waals surface area contributed by atoms with Crippen LogP contribution in [0, 0.1) is 0 Å². The number of fused-ring (bicyclic) bond motifs is 1. The first-order chi connectivity index (χ1) is 8.78. The van der Waals surface area contributed by atoms with Crippen molar-refractivity contribution in [2.75, 3.05) is 6.61 Å². The number of hydrogen-bond donors (Lipinski definition) is 0. The Morgan fingerprint density at radius 3 is 2.94 bits per heavy atom. The van der Waals surface area contributed by atoms with Crippen molar-refractivity contribution < 1.29 is 4.74 Å². The van der Waals surface area contributed by atoms with Gasteiger partial charge < -0.3 is 4.74 Å². The number of rotatable bonds is 3. The molecule has 2 heterocycles. The molecular weight excluding hydrogens is 226 g/mol. The molecule has 0 aliphatic carbocycles. The van der Waals surface area contributed by atoms with Crippen molar-refractivity contribution in [1.82, 2.24) is 9.89 Å². The van der Waals surface area contributed by atoms with Gasteiger partial charge in [-0.3, -0.25) is 0 Å². The summed E-state index contributed by atoms with van der Waals surface area (Å²) in [5.41, 5.74) is 4.18. The third-order valence-electron chi connectivity index (χ3n) is 2.93. The molecule has 0 fully saturated rings. The number of hydrogen-bond acceptors (Lipinski definition) is 3. The maximum absolute atomic E-state index is 5.63. The number of aromatic nitrogens is 2. The Morgan fingerprint density at radius 1 is 1.33 bits per heavy atom. The second-order valence-electron chi connectivity index (χ2n) is 4.35. The highest BCUT2D eigenvalue weighted by molar-refractivity contribution is 5.86. The molecule has 18 heavy (non-hydrogen) atoms. The lowest BCUT2D eigenvalue weighted by Gasteiger charge is -2.07. The van der Waals surface area contributed by atoms with E-state index in [4.69, 9.17) is 4.74 Å². The molecule has 1 aromatic carbocycles. The van der Waals surface area contributed by atoms with Crippen LogP contribution in [0.2, 0.25) is 0 Å². The average Bonchev–Trinajstić information content (AvgIpc) is 2.87. The monoisotopic (exact) mass is 241 g/mol. The van der Waals surface area contributed by atoms with Crippen molar-refractivity contribution >= 4 is 5.71 Å². The molecule has 0 saturated heterocycles. The van der Waals surface area contributed by atoms with Crippen LogP contribution >= 0.6 is 0 Å². The Labute approximate surface area is 106 Å². The van der Waals surface area contributed by atoms with Crippen LogP contribution in [0.1, 0.15) is 19.5 Å². The van der Waals surface area contributed by atoms with Crippen molar-refractivity contribution in [2.45, 2.75) is 20.3 Å². The minimum Gasteiger partial charge on any atom is -0.493 e. The first-order valence-electron chi connectivity index (χ1n) is 6.13. The van der Waals surface area contributed by atoms with E-state index in [9.17, 15) is 0 Å². The van der Waals surface area contributed by atoms with E-state index < -0.39 is 0 Å². The Bertz CT molecular complexity index is 613. The van der Waals surface area contributed by atoms with Crippen molar-refractivity contribution in [1.29, 1.82) is 0 Å². The van der Waals surface area contributed by atoms with Gasteiger partial charge >= 0.3 is 0 Å². The molecule has 0 spiro atoms. The molecule has 0 N–H and O–H groups in total. The average molecular weight is 241 g/mol. The lowest BCUT2D eigenvalue weighted by molar-refractivity contribution is 0.341. The summed E-state index contributed by atoms with van der Waals surface area (Å²) in [6, 6.07) is 10.0. The predicted molar refractivity (Wildman–Crippen MR) is 71.0 cm³/mol. The topological polar surface area (TPSA) is 39.4 Å². The lowest BCUT2D eigenvalue weighted by Crippen LogP contribution is -1.95. The SMILES string of the molecule is CCOc1ccccc1-c1cc2n(n1)N=C(C)C2. The molecule has 1 aliphatic heterocycles. The first-order valence-corrected chi connectivity index (χ1v) is 6.13. The molecule has 1 aliphatic rings. The second-order valence-corrected chi connectivity index (χ2v) is 4.35. The quantitative estimate of drug-likeness (QED) is 0.828. The lowest BCUT2D eigenvalue weighted by atomic mass is 10.1. The molecule has 2 aromatic rings. The van der Waals surface area contributed by atoms with Gasteiger partial charge in [0.25, 0.3) is 0 Å². The standard InChI is InChI=1S/C14H15N3O/c1-3-18-14-7-5-4-6-12(14)13-9-11-8-10(2)15-17(11)16-13/h4-7,9H,3,8H2,1-2H3. The van der Waals surface area contributed by atoms with Gasteiger partial charge in [0.2, 0.25) is 0 Å². The molecule has 92 valence electrons. The normalized spacial score (nSPS) is 13.3. The minimum absolute atomic E-state index is 0.655. The van der Waals surface area contributed by atoms with E-state index in [2.05, 4.69) is 16.3 Å². The number of ether oxygens (including phenoxy) is 1. The third-order valence-corrected chi connectivity index (χ3v) is 2.93. The minimum atomic E-state index is 0.655. The molecule has 4 heteroatoms. The van der Waals surface area contributed by atoms with Crippen LogP contribution in [-0.2, 0) is 6.42 Å². The van der Waals surface area contributed by atoms with Crippen LogP contribution in [0.3, 0.4) is 0 Å². The zero-order chi connectivity index (χ0) is 12.5. The molecular formula is C14H15N3O. The second kappa shape index (κ2) is 4.29. The first kappa shape index (κ1) is 11.0. The van der Waals surface area contributed by atoms with Crippen molar-refractivity contribution in [2.24, 2.45) is 5.10 Å². The summed E-state index contributed by atoms with van der Waals surface area (Å²) in [4.78, 5) is 1.72. The Morgan fingerprint density at radius 2 is 2.17 bits per heavy atom. The highest BCUT2D eigenvalue weighted by Crippen LogP contribution is 2.30. The third kappa shape index (κ3) is 1.79. The molecule has 0 saturated carbocycles. The van der Waals surface area contributed by atoms with Crippen molar-refractivity contribution in [3.8, 4) is 17.0 Å². The fourth-order valence-electron chi connectivity index (χ4n) is 2.17. The van der Waals surface area contributed by atoms with Crippen LogP contribution in [0.25, 0.3) is 11.3 Å². The number of benzene rings is 1. The summed E-state index contributed by atoms with van der Waals surface area (Å²) in [7, 11) is 0. The van der Waals surface area contributed by atoms with E-state index >= 15 is 0 Å². The van der Waals surface area contributed by atoms with Gasteiger partial charge in [-0.15, -0.1) is 0 Å². The van der Waals surface area contributed by atoms with Gasteiger partial charge in [-0.05, 0) is 32.0 Å². The van der Waals surface area contributed by atoms with E-state index in [-0.39, 0.29) is 0 Å². The molecule has 0 amide bonds. The van der Waals surface area contributed by atoms with Gasteiger partial charge in [0.1, 0.15) is 5.75 Å². The predicted octanol–water partition coefficient (Wildman–Crippen LogP) is 2.73. The van der Waals surface area contributed by atoms with Gasteiger partial charge in [0.05, 0.1) is 18.0 Å². The summed E-state index contributed by atoms with van der Waals surface area (Å²) in [5, 5.41) is 8.86. The maximum Gasteiger partial charge on any atom is 0.128 e. The smallest absolute Gasteiger partial charge is 0.128 e. The van der Waals surface area contributed by atoms with Gasteiger partial charge in [0, 0.05) is 17.7 Å². The van der Waals surface area contributed by atoms with Gasteiger partial charge in [0.15, 0.2) is 0 Å². The van der Waals surface area contributed by atoms with Crippen LogP contribution in [0.15, 0.2) is 35.4 Å². The largest absolute Gasteiger partial charge is 0.493 e. The Kier molecular flexibility index (Phi) is 2.63. The molecule has 0 bridgehead atoms. The number of nitrogens with zero attached hydrogens (tertiary/aromatic N) is 3. The highest BCUT2D eigenvalue weighted by Gasteiger charge is 2.17. The zero-order valence-corrected chi connectivity index (χ0v) is 10.6. The summed E-state index contributed by atoms with van der Waals surface area (Å²) in [6.07, 6.45) is 0.879. The van der Waals surface area contributed by atoms with Crippen molar-refractivity contribution in [3.63, 3.8) is 0 Å². The number of para-hydroxylation sites is 1. The zero-order valence-electron chi connectivity index (χ0n) is 10.6. The van der Waals surface area contributed by atoms with Crippen LogP contribution in [0.4, 0.5) is 0 Å². The Hall–Kier alpha value is -2.10. The van der Waals surface area contributed by atoms with Gasteiger partial charge in [-0.25, -0.2) is 0 Å². The van der Waals surface area contributed by atoms with E-state index in [1.807, 2.05) is 38.1 Å². The van der Waals surface area contributed by atoms with Crippen LogP contribution < -0.4 is 4.74 Å². The summed E-state index contributed by atoms with van der Waals surface area (Å²) >= 11 is 0. The van der Waals surface area contributed by atoms with E-state index in [1.54, 1.807) is 4.79 Å². The van der Waals surface area contributed by atoms with Gasteiger partial charge in [-0.2, -0.15) is 15.0 Å². The summed E-state index contributed by atoms with van der Waals surface area (Å²) in [6.45, 7) is 4.65. The van der Waals surface area contributed by atoms with E-state index in [0.717, 1.165) is 34.8 Å². The summed E-state index contributed by atoms with van der Waals surface area (Å²) < 4.78 is 5.63. The van der Waals surface area contributed by atoms with E-state index in [0.29, 0.717) is 6.61 Å². The fourth-order valence-corrected chi connectivity index (χ4v) is 2.17. The van der Waals surface area contributed by atoms with Gasteiger partial charge in [-0.1, -0.05) is 12.1 Å². The van der Waals surface area contributed by atoms with Crippen LogP contribution in [-0.4, -0.2) is 22.2 Å². The molecule has 1 aromatic heterocycles. The van der Waals surface area contributed by atoms with E-state index in [1.165, 1.54) is 0 Å². The maximum atomic E-state index is 5.63. The summed E-state index contributed by atoms with van der Waals surface area (Å²) in [5.74, 6) is 0.873. The molecule has 0 unspecified atom stereocenters. The van der Waals surface area contributed by atoms with Crippen LogP contribution in [0.5, 0.6) is 5.75 Å². The molecule has 3 rings (SSSR count). The fraction of sp³-hybridized carbons (Fsp3) is 0.286. The molecule has 0 radical (unpaired) electrons. The molecule has 4 nitrogen and oxygen atoms in total. The van der Waals surface area contributed by atoms with Crippen molar-refractivity contribution in [3.05, 3.63) is 36.0 Å².